The van der Waals surface area contributed by atoms with E-state index >= 15 is 0 Å². The molecule has 0 spiro atoms. The van der Waals surface area contributed by atoms with Crippen LogP contribution in [0.1, 0.15) is 50.7 Å². The Morgan fingerprint density at radius 2 is 2.14 bits per heavy atom. The quantitative estimate of drug-likeness (QED) is 0.255. The fraction of sp³-hybridized carbons (Fsp3) is 0.500. The van der Waals surface area contributed by atoms with Gasteiger partial charge >= 0.3 is 0 Å². The molecule has 37 heavy (non-hydrogen) atoms. The first-order valence-corrected chi connectivity index (χ1v) is 11.7. The summed E-state index contributed by atoms with van der Waals surface area (Å²) in [5.41, 5.74) is 5.64. The summed E-state index contributed by atoms with van der Waals surface area (Å²) < 4.78 is 18.9. The third-order valence-electron chi connectivity index (χ3n) is 6.38. The highest BCUT2D eigenvalue weighted by Gasteiger charge is 2.37. The second-order valence-corrected chi connectivity index (χ2v) is 10.1. The van der Waals surface area contributed by atoms with Gasteiger partial charge in [0.2, 0.25) is 5.95 Å². The summed E-state index contributed by atoms with van der Waals surface area (Å²) in [6.07, 6.45) is -1.32. The number of methoxy groups -OCH3 is 1. The maximum Gasteiger partial charge on any atom is 0.275 e. The van der Waals surface area contributed by atoms with Gasteiger partial charge in [-0.1, -0.05) is 20.8 Å². The van der Waals surface area contributed by atoms with E-state index in [2.05, 4.69) is 9.97 Å². The van der Waals surface area contributed by atoms with Crippen LogP contribution in [0.3, 0.4) is 0 Å². The number of nitrogens with two attached hydrogens (primary N) is 1. The van der Waals surface area contributed by atoms with Gasteiger partial charge in [-0.3, -0.25) is 19.9 Å². The molecule has 4 atom stereocenters. The number of anilines is 1. The second kappa shape index (κ2) is 10.1. The van der Waals surface area contributed by atoms with E-state index in [4.69, 9.17) is 19.9 Å². The zero-order chi connectivity index (χ0) is 27.1. The van der Waals surface area contributed by atoms with Crippen molar-refractivity contribution in [3.05, 3.63) is 56.0 Å². The average Bonchev–Trinajstić information content (AvgIpc) is 3.38. The van der Waals surface area contributed by atoms with Gasteiger partial charge in [0.05, 0.1) is 48.4 Å². The number of H-pyrrole nitrogens is 1. The highest BCUT2D eigenvalue weighted by atomic mass is 16.6. The Balaban J connectivity index is 1.76. The van der Waals surface area contributed by atoms with E-state index in [1.54, 1.807) is 16.8 Å². The summed E-state index contributed by atoms with van der Waals surface area (Å²) in [4.78, 5) is 31.0. The van der Waals surface area contributed by atoms with Crippen LogP contribution in [0.5, 0.6) is 5.75 Å². The lowest BCUT2D eigenvalue weighted by Crippen LogP contribution is -2.24. The number of nitrogen functional groups attached to an aromatic ring is 1. The van der Waals surface area contributed by atoms with Gasteiger partial charge in [-0.15, -0.1) is 0 Å². The number of hydrogen-bond donors (Lipinski definition) is 4. The van der Waals surface area contributed by atoms with Crippen LogP contribution in [0.4, 0.5) is 11.6 Å². The van der Waals surface area contributed by atoms with Gasteiger partial charge in [-0.2, -0.15) is 4.98 Å². The second-order valence-electron chi connectivity index (χ2n) is 10.1. The molecule has 1 aliphatic heterocycles. The summed E-state index contributed by atoms with van der Waals surface area (Å²) in [6.45, 7) is 5.22. The van der Waals surface area contributed by atoms with Crippen molar-refractivity contribution in [2.24, 2.45) is 5.41 Å². The molecule has 0 aliphatic carbocycles. The van der Waals surface area contributed by atoms with Crippen LogP contribution >= 0.6 is 0 Å². The Hall–Kier alpha value is -3.52. The minimum Gasteiger partial charge on any atom is -0.497 e. The summed E-state index contributed by atoms with van der Waals surface area (Å²) >= 11 is 0. The van der Waals surface area contributed by atoms with Crippen molar-refractivity contribution in [3.8, 4) is 5.75 Å². The van der Waals surface area contributed by atoms with Crippen LogP contribution < -0.4 is 16.0 Å². The zero-order valence-corrected chi connectivity index (χ0v) is 21.0. The van der Waals surface area contributed by atoms with E-state index in [0.717, 1.165) is 0 Å². The summed E-state index contributed by atoms with van der Waals surface area (Å²) in [6, 6.07) is 4.47. The predicted octanol–water partition coefficient (Wildman–Crippen LogP) is 2.17. The van der Waals surface area contributed by atoms with Crippen LogP contribution in [0.25, 0.3) is 11.0 Å². The van der Waals surface area contributed by atoms with Crippen LogP contribution in [0.15, 0.2) is 29.2 Å². The molecule has 2 aromatic heterocycles. The van der Waals surface area contributed by atoms with E-state index in [1.807, 2.05) is 20.8 Å². The number of hydrogen-bond acceptors (Lipinski definition) is 10. The third kappa shape index (κ3) is 5.16. The van der Waals surface area contributed by atoms with Crippen molar-refractivity contribution in [1.82, 2.24) is 14.5 Å². The first kappa shape index (κ1) is 26.5. The van der Waals surface area contributed by atoms with Crippen LogP contribution in [-0.2, 0) is 16.1 Å². The fourth-order valence-corrected chi connectivity index (χ4v) is 4.64. The van der Waals surface area contributed by atoms with E-state index in [0.29, 0.717) is 16.9 Å². The number of nitro benzene ring substituents is 1. The average molecular weight is 518 g/mol. The first-order valence-electron chi connectivity index (χ1n) is 11.7. The fourth-order valence-electron chi connectivity index (χ4n) is 4.64. The van der Waals surface area contributed by atoms with Crippen LogP contribution in [0, 0.1) is 15.5 Å². The largest absolute Gasteiger partial charge is 0.497 e. The van der Waals surface area contributed by atoms with Gasteiger partial charge in [0, 0.05) is 24.2 Å². The lowest BCUT2D eigenvalue weighted by Gasteiger charge is -2.31. The summed E-state index contributed by atoms with van der Waals surface area (Å²) in [7, 11) is 1.47. The number of rotatable bonds is 8. The number of benzene rings is 1. The number of nitrogens with one attached hydrogen (secondary N) is 1. The van der Waals surface area contributed by atoms with Crippen LogP contribution in [-0.4, -0.2) is 55.6 Å². The molecule has 0 amide bonds. The Labute approximate surface area is 211 Å². The molecule has 4 rings (SSSR count). The van der Waals surface area contributed by atoms with Crippen molar-refractivity contribution in [3.63, 3.8) is 0 Å². The Kier molecular flexibility index (Phi) is 7.24. The summed E-state index contributed by atoms with van der Waals surface area (Å²) in [5, 5.41) is 31.7. The van der Waals surface area contributed by atoms with Crippen molar-refractivity contribution in [2.75, 3.05) is 19.5 Å². The number of aliphatic hydroxyl groups is 2. The molecule has 1 fully saturated rings. The van der Waals surface area contributed by atoms with Gasteiger partial charge in [0.15, 0.2) is 5.65 Å². The van der Waals surface area contributed by atoms with E-state index in [1.165, 1.54) is 19.2 Å². The molecule has 3 heterocycles. The first-order chi connectivity index (χ1) is 17.4. The molecule has 1 saturated heterocycles. The lowest BCUT2D eigenvalue weighted by atomic mass is 9.83. The molecule has 1 aromatic carbocycles. The number of aliphatic hydroxyl groups excluding tert-OH is 2. The van der Waals surface area contributed by atoms with Gasteiger partial charge in [-0.05, 0) is 17.5 Å². The minimum atomic E-state index is -0.898. The molecule has 13 heteroatoms. The number of aromatic nitrogens is 3. The highest BCUT2D eigenvalue weighted by molar-refractivity contribution is 5.80. The van der Waals surface area contributed by atoms with Gasteiger partial charge in [0.1, 0.15) is 18.1 Å². The minimum absolute atomic E-state index is 0.0901. The number of nitro groups is 1. The third-order valence-corrected chi connectivity index (χ3v) is 6.38. The van der Waals surface area contributed by atoms with Crippen LogP contribution in [0.2, 0.25) is 0 Å². The maximum absolute atomic E-state index is 12.9. The van der Waals surface area contributed by atoms with Crippen molar-refractivity contribution < 1.29 is 29.3 Å². The Morgan fingerprint density at radius 3 is 2.73 bits per heavy atom. The normalized spacial score (nSPS) is 20.9. The summed E-state index contributed by atoms with van der Waals surface area (Å²) in [5.74, 6) is 0.350. The predicted molar refractivity (Wildman–Crippen MR) is 133 cm³/mol. The standard InChI is InChI=1S/C24H31N5O8/c1-24(2,3)20(14-7-13(35-4)5-6-15(14)29(33)34)36-11-12-9-28(18-8-16(31)17(10-30)37-18)21-19(12)22(32)27-23(25)26-21/h5-7,9,16-18,20,30-31H,8,10-11H2,1-4H3,(H3,25,26,27,32)/t16?,17-,18-,20?/m1/s1. The number of aromatic amines is 1. The highest BCUT2D eigenvalue weighted by Crippen LogP contribution is 2.42. The molecule has 0 radical (unpaired) electrons. The molecular weight excluding hydrogens is 486 g/mol. The molecule has 0 saturated carbocycles. The maximum atomic E-state index is 12.9. The monoisotopic (exact) mass is 517 g/mol. The molecule has 1 aliphatic rings. The molecule has 5 N–H and O–H groups in total. The Morgan fingerprint density at radius 1 is 1.41 bits per heavy atom. The molecule has 0 bridgehead atoms. The smallest absolute Gasteiger partial charge is 0.275 e. The van der Waals surface area contributed by atoms with Crippen molar-refractivity contribution in [1.29, 1.82) is 0 Å². The zero-order valence-electron chi connectivity index (χ0n) is 21.0. The topological polar surface area (TPSA) is 188 Å². The molecule has 3 aromatic rings. The van der Waals surface area contributed by atoms with Gasteiger partial charge in [0.25, 0.3) is 11.2 Å². The van der Waals surface area contributed by atoms with E-state index < -0.39 is 40.4 Å². The Bertz CT molecular complexity index is 1360. The van der Waals surface area contributed by atoms with Gasteiger partial charge < -0.3 is 34.7 Å². The number of ether oxygens (including phenoxy) is 3. The van der Waals surface area contributed by atoms with Gasteiger partial charge in [-0.25, -0.2) is 0 Å². The van der Waals surface area contributed by atoms with E-state index in [-0.39, 0.29) is 42.3 Å². The lowest BCUT2D eigenvalue weighted by molar-refractivity contribution is -0.386. The van der Waals surface area contributed by atoms with Crippen molar-refractivity contribution >= 4 is 22.7 Å². The molecule has 200 valence electrons. The molecule has 2 unspecified atom stereocenters. The SMILES string of the molecule is COc1ccc([N+](=O)[O-])c(C(OCc2cn([C@H]3CC(O)[C@@H](CO)O3)c3nc(N)[nH]c(=O)c23)C(C)(C)C)c1. The number of nitrogens with zero attached hydrogens (tertiary/aromatic N) is 3. The number of fused-ring (bicyclic) bond motifs is 1. The molecule has 13 nitrogen and oxygen atoms in total. The van der Waals surface area contributed by atoms with Crippen molar-refractivity contribution in [2.45, 2.75) is 58.3 Å². The van der Waals surface area contributed by atoms with E-state index in [9.17, 15) is 25.1 Å². The molecular formula is C24H31N5O8.